The number of anilines is 1. The molecule has 0 N–H and O–H groups in total. The number of hydrogen-bond acceptors (Lipinski definition) is 2. The van der Waals surface area contributed by atoms with E-state index in [0.717, 1.165) is 4.90 Å². The topological polar surface area (TPSA) is 51.5 Å². The Morgan fingerprint density at radius 3 is 2.38 bits per heavy atom. The monoisotopic (exact) mass is 175 g/mol. The zero-order chi connectivity index (χ0) is 9.26. The highest BCUT2D eigenvalue weighted by molar-refractivity contribution is 6.19. The van der Waals surface area contributed by atoms with E-state index in [1.165, 1.54) is 0 Å². The Balaban J connectivity index is 2.36. The smallest absolute Gasteiger partial charge is 0.272 e. The fourth-order valence-corrected chi connectivity index (χ4v) is 1.21. The first-order valence-electron chi connectivity index (χ1n) is 3.88. The standard InChI is InChI=1S/C9H7N2O2/c12-8-6-10-9(13)11(8)7-4-2-1-3-5-7/h1-5H,6H2. The minimum absolute atomic E-state index is 0.0340. The molecule has 4 heteroatoms. The van der Waals surface area contributed by atoms with Crippen LogP contribution in [0.3, 0.4) is 0 Å². The first kappa shape index (κ1) is 7.79. The Labute approximate surface area is 75.2 Å². The van der Waals surface area contributed by atoms with Crippen molar-refractivity contribution in [2.75, 3.05) is 11.4 Å². The van der Waals surface area contributed by atoms with Crippen LogP contribution in [0.25, 0.3) is 0 Å². The van der Waals surface area contributed by atoms with Gasteiger partial charge in [-0.1, -0.05) is 18.2 Å². The molecule has 0 bridgehead atoms. The van der Waals surface area contributed by atoms with Gasteiger partial charge in [-0.25, -0.2) is 15.0 Å². The molecular formula is C9H7N2O2. The first-order chi connectivity index (χ1) is 6.29. The van der Waals surface area contributed by atoms with Crippen molar-refractivity contribution in [3.05, 3.63) is 30.3 Å². The summed E-state index contributed by atoms with van der Waals surface area (Å²) in [5.74, 6) is -0.267. The van der Waals surface area contributed by atoms with Gasteiger partial charge in [0, 0.05) is 0 Å². The maximum absolute atomic E-state index is 11.2. The van der Waals surface area contributed by atoms with Gasteiger partial charge in [-0.15, -0.1) is 0 Å². The van der Waals surface area contributed by atoms with Crippen molar-refractivity contribution in [2.24, 2.45) is 0 Å². The van der Waals surface area contributed by atoms with Gasteiger partial charge in [-0.2, -0.15) is 0 Å². The van der Waals surface area contributed by atoms with Gasteiger partial charge in [0.2, 0.25) is 0 Å². The molecule has 1 fully saturated rings. The molecule has 65 valence electrons. The summed E-state index contributed by atoms with van der Waals surface area (Å²) in [4.78, 5) is 23.4. The Bertz CT molecular complexity index is 332. The molecule has 1 saturated heterocycles. The second-order valence-electron chi connectivity index (χ2n) is 2.66. The second-order valence-corrected chi connectivity index (χ2v) is 2.66. The van der Waals surface area contributed by atoms with E-state index < -0.39 is 6.03 Å². The number of carbonyl (C=O) groups excluding carboxylic acids is 2. The van der Waals surface area contributed by atoms with Crippen LogP contribution in [0.5, 0.6) is 0 Å². The van der Waals surface area contributed by atoms with Crippen LogP contribution in [0.2, 0.25) is 0 Å². The molecule has 2 rings (SSSR count). The molecule has 0 unspecified atom stereocenters. The number of carbonyl (C=O) groups is 2. The van der Waals surface area contributed by atoms with E-state index in [2.05, 4.69) is 5.32 Å². The van der Waals surface area contributed by atoms with Gasteiger partial charge in [-0.05, 0) is 12.1 Å². The summed E-state index contributed by atoms with van der Waals surface area (Å²) in [5, 5.41) is 3.51. The predicted octanol–water partition coefficient (Wildman–Crippen LogP) is 0.758. The molecule has 13 heavy (non-hydrogen) atoms. The van der Waals surface area contributed by atoms with Gasteiger partial charge >= 0.3 is 6.03 Å². The van der Waals surface area contributed by atoms with E-state index >= 15 is 0 Å². The number of urea groups is 1. The number of hydrogen-bond donors (Lipinski definition) is 0. The summed E-state index contributed by atoms with van der Waals surface area (Å²) in [6.07, 6.45) is 0. The van der Waals surface area contributed by atoms with Crippen LogP contribution < -0.4 is 10.2 Å². The van der Waals surface area contributed by atoms with E-state index in [9.17, 15) is 9.59 Å². The maximum atomic E-state index is 11.2. The molecule has 1 radical (unpaired) electrons. The summed E-state index contributed by atoms with van der Waals surface area (Å²) < 4.78 is 0. The molecule has 0 saturated carbocycles. The van der Waals surface area contributed by atoms with Crippen molar-refractivity contribution in [1.82, 2.24) is 5.32 Å². The molecule has 1 aromatic carbocycles. The largest absolute Gasteiger partial charge is 0.350 e. The van der Waals surface area contributed by atoms with Crippen LogP contribution in [-0.2, 0) is 4.79 Å². The third kappa shape index (κ3) is 1.26. The van der Waals surface area contributed by atoms with Crippen molar-refractivity contribution in [1.29, 1.82) is 0 Å². The summed E-state index contributed by atoms with van der Waals surface area (Å²) in [6.45, 7) is -0.0340. The molecule has 1 aliphatic rings. The third-order valence-corrected chi connectivity index (χ3v) is 1.80. The van der Waals surface area contributed by atoms with Gasteiger partial charge in [0.1, 0.15) is 6.54 Å². The van der Waals surface area contributed by atoms with Crippen LogP contribution >= 0.6 is 0 Å². The van der Waals surface area contributed by atoms with Gasteiger partial charge < -0.3 is 0 Å². The zero-order valence-corrected chi connectivity index (χ0v) is 6.80. The number of para-hydroxylation sites is 1. The van der Waals surface area contributed by atoms with E-state index in [1.54, 1.807) is 24.3 Å². The number of amides is 3. The Morgan fingerprint density at radius 1 is 1.15 bits per heavy atom. The average molecular weight is 175 g/mol. The predicted molar refractivity (Wildman–Crippen MR) is 46.3 cm³/mol. The van der Waals surface area contributed by atoms with E-state index in [-0.39, 0.29) is 12.5 Å². The lowest BCUT2D eigenvalue weighted by Crippen LogP contribution is -2.29. The highest BCUT2D eigenvalue weighted by atomic mass is 16.2. The normalized spacial score (nSPS) is 16.2. The molecule has 1 heterocycles. The van der Waals surface area contributed by atoms with Gasteiger partial charge in [0.15, 0.2) is 0 Å². The summed E-state index contributed by atoms with van der Waals surface area (Å²) >= 11 is 0. The summed E-state index contributed by atoms with van der Waals surface area (Å²) in [6, 6.07) is 8.30. The average Bonchev–Trinajstić information content (AvgIpc) is 2.48. The van der Waals surface area contributed by atoms with Gasteiger partial charge in [0.05, 0.1) is 5.69 Å². The molecule has 0 aromatic heterocycles. The van der Waals surface area contributed by atoms with Crippen molar-refractivity contribution >= 4 is 17.6 Å². The Hall–Kier alpha value is -1.84. The zero-order valence-electron chi connectivity index (χ0n) is 6.80. The Kier molecular flexibility index (Phi) is 1.73. The minimum atomic E-state index is -0.476. The fraction of sp³-hybridized carbons (Fsp3) is 0.111. The molecule has 0 aliphatic carbocycles. The number of rotatable bonds is 1. The fourth-order valence-electron chi connectivity index (χ4n) is 1.21. The highest BCUT2D eigenvalue weighted by Gasteiger charge is 2.31. The van der Waals surface area contributed by atoms with E-state index in [0.29, 0.717) is 5.69 Å². The van der Waals surface area contributed by atoms with Crippen molar-refractivity contribution in [3.63, 3.8) is 0 Å². The molecule has 1 aromatic rings. The van der Waals surface area contributed by atoms with Gasteiger partial charge in [0.25, 0.3) is 5.91 Å². The molecule has 4 nitrogen and oxygen atoms in total. The number of nitrogens with zero attached hydrogens (tertiary/aromatic N) is 2. The van der Waals surface area contributed by atoms with Crippen LogP contribution in [0.1, 0.15) is 0 Å². The SMILES string of the molecule is O=C1C[N]C(=O)N1c1ccccc1. The lowest BCUT2D eigenvalue weighted by Gasteiger charge is -2.10. The first-order valence-corrected chi connectivity index (χ1v) is 3.88. The summed E-state index contributed by atoms with van der Waals surface area (Å²) in [7, 11) is 0. The van der Waals surface area contributed by atoms with Gasteiger partial charge in [-0.3, -0.25) is 4.79 Å². The van der Waals surface area contributed by atoms with Crippen LogP contribution in [0.4, 0.5) is 10.5 Å². The number of benzene rings is 1. The second kappa shape index (κ2) is 2.90. The lowest BCUT2D eigenvalue weighted by atomic mass is 10.3. The van der Waals surface area contributed by atoms with E-state index in [1.807, 2.05) is 6.07 Å². The van der Waals surface area contributed by atoms with Crippen molar-refractivity contribution in [3.8, 4) is 0 Å². The van der Waals surface area contributed by atoms with Crippen LogP contribution in [-0.4, -0.2) is 18.5 Å². The van der Waals surface area contributed by atoms with Crippen molar-refractivity contribution in [2.45, 2.75) is 0 Å². The molecule has 3 amide bonds. The highest BCUT2D eigenvalue weighted by Crippen LogP contribution is 2.16. The lowest BCUT2D eigenvalue weighted by molar-refractivity contribution is -0.115. The Morgan fingerprint density at radius 2 is 1.85 bits per heavy atom. The van der Waals surface area contributed by atoms with Crippen LogP contribution in [0.15, 0.2) is 30.3 Å². The molecule has 1 aliphatic heterocycles. The molecule has 0 atom stereocenters. The maximum Gasteiger partial charge on any atom is 0.350 e. The third-order valence-electron chi connectivity index (χ3n) is 1.80. The molecule has 0 spiro atoms. The summed E-state index contributed by atoms with van der Waals surface area (Å²) in [5.41, 5.74) is 0.582. The molecular weight excluding hydrogens is 168 g/mol. The number of imide groups is 1. The quantitative estimate of drug-likeness (QED) is 0.591. The minimum Gasteiger partial charge on any atom is -0.272 e. The van der Waals surface area contributed by atoms with Crippen LogP contribution in [0, 0.1) is 0 Å². The van der Waals surface area contributed by atoms with Crippen molar-refractivity contribution < 1.29 is 9.59 Å². The van der Waals surface area contributed by atoms with E-state index in [4.69, 9.17) is 0 Å².